The molecule has 0 heterocycles. The summed E-state index contributed by atoms with van der Waals surface area (Å²) in [5.74, 6) is 0.882. The van der Waals surface area contributed by atoms with Crippen molar-refractivity contribution in [1.82, 2.24) is 0 Å². The third kappa shape index (κ3) is 2.49. The van der Waals surface area contributed by atoms with Gasteiger partial charge in [0.25, 0.3) is 0 Å². The van der Waals surface area contributed by atoms with Crippen LogP contribution < -0.4 is 4.74 Å². The molecule has 0 radical (unpaired) electrons. The summed E-state index contributed by atoms with van der Waals surface area (Å²) >= 11 is 3.52. The number of hydrogen-bond donors (Lipinski definition) is 0. The lowest BCUT2D eigenvalue weighted by Crippen LogP contribution is -1.83. The summed E-state index contributed by atoms with van der Waals surface area (Å²) in [7, 11) is 1.68. The van der Waals surface area contributed by atoms with Gasteiger partial charge in [-0.2, -0.15) is 0 Å². The molecule has 0 bridgehead atoms. The highest BCUT2D eigenvalue weighted by atomic mass is 79.9. The topological polar surface area (TPSA) is 9.23 Å². The SMILES string of the molecule is COc1ccc(-c2ccc3ccc(Br)cc3c2)cc1. The molecule has 0 aromatic heterocycles. The molecule has 3 rings (SSSR count). The predicted molar refractivity (Wildman–Crippen MR) is 83.6 cm³/mol. The lowest BCUT2D eigenvalue weighted by molar-refractivity contribution is 0.415. The van der Waals surface area contributed by atoms with Crippen molar-refractivity contribution >= 4 is 26.7 Å². The number of halogens is 1. The van der Waals surface area contributed by atoms with Crippen molar-refractivity contribution in [2.24, 2.45) is 0 Å². The third-order valence-electron chi connectivity index (χ3n) is 3.23. The van der Waals surface area contributed by atoms with Crippen LogP contribution in [0.4, 0.5) is 0 Å². The first-order chi connectivity index (χ1) is 9.26. The Labute approximate surface area is 121 Å². The van der Waals surface area contributed by atoms with Gasteiger partial charge in [-0.05, 0) is 52.2 Å². The first-order valence-electron chi connectivity index (χ1n) is 6.10. The van der Waals surface area contributed by atoms with Gasteiger partial charge in [0.2, 0.25) is 0 Å². The molecule has 0 amide bonds. The summed E-state index contributed by atoms with van der Waals surface area (Å²) in [6.45, 7) is 0. The van der Waals surface area contributed by atoms with E-state index in [4.69, 9.17) is 4.74 Å². The van der Waals surface area contributed by atoms with E-state index in [-0.39, 0.29) is 0 Å². The Morgan fingerprint density at radius 1 is 0.737 bits per heavy atom. The number of benzene rings is 3. The molecular formula is C17H13BrO. The van der Waals surface area contributed by atoms with Crippen LogP contribution in [0.3, 0.4) is 0 Å². The summed E-state index contributed by atoms with van der Waals surface area (Å²) in [6, 6.07) is 21.0. The number of fused-ring (bicyclic) bond motifs is 1. The van der Waals surface area contributed by atoms with E-state index in [2.05, 4.69) is 64.5 Å². The van der Waals surface area contributed by atoms with Crippen LogP contribution in [-0.2, 0) is 0 Å². The standard InChI is InChI=1S/C17H13BrO/c1-19-17-8-5-12(6-9-17)14-3-2-13-4-7-16(18)11-15(13)10-14/h2-11H,1H3. The molecule has 3 aromatic rings. The maximum absolute atomic E-state index is 5.18. The number of ether oxygens (including phenoxy) is 1. The fourth-order valence-corrected chi connectivity index (χ4v) is 2.56. The quantitative estimate of drug-likeness (QED) is 0.625. The third-order valence-corrected chi connectivity index (χ3v) is 3.72. The zero-order valence-corrected chi connectivity index (χ0v) is 12.1. The Kier molecular flexibility index (Phi) is 3.26. The number of methoxy groups -OCH3 is 1. The van der Waals surface area contributed by atoms with Crippen LogP contribution in [-0.4, -0.2) is 7.11 Å². The molecule has 1 nitrogen and oxygen atoms in total. The van der Waals surface area contributed by atoms with E-state index >= 15 is 0 Å². The summed E-state index contributed by atoms with van der Waals surface area (Å²) in [5, 5.41) is 2.49. The van der Waals surface area contributed by atoms with E-state index in [1.165, 1.54) is 21.9 Å². The van der Waals surface area contributed by atoms with Gasteiger partial charge in [0.05, 0.1) is 7.11 Å². The van der Waals surface area contributed by atoms with E-state index in [0.717, 1.165) is 10.2 Å². The molecular weight excluding hydrogens is 300 g/mol. The van der Waals surface area contributed by atoms with E-state index in [0.29, 0.717) is 0 Å². The van der Waals surface area contributed by atoms with Crippen LogP contribution in [0.15, 0.2) is 65.1 Å². The second-order valence-corrected chi connectivity index (χ2v) is 5.35. The zero-order valence-electron chi connectivity index (χ0n) is 10.6. The Balaban J connectivity index is 2.08. The molecule has 19 heavy (non-hydrogen) atoms. The van der Waals surface area contributed by atoms with Crippen molar-refractivity contribution in [2.75, 3.05) is 7.11 Å². The van der Waals surface area contributed by atoms with Crippen molar-refractivity contribution < 1.29 is 4.74 Å². The largest absolute Gasteiger partial charge is 0.497 e. The second-order valence-electron chi connectivity index (χ2n) is 4.43. The predicted octanol–water partition coefficient (Wildman–Crippen LogP) is 5.28. The molecule has 0 saturated heterocycles. The molecule has 0 atom stereocenters. The van der Waals surface area contributed by atoms with E-state index in [1.54, 1.807) is 7.11 Å². The average Bonchev–Trinajstić information content (AvgIpc) is 2.46. The van der Waals surface area contributed by atoms with E-state index in [1.807, 2.05) is 12.1 Å². The van der Waals surface area contributed by atoms with Gasteiger partial charge in [0.15, 0.2) is 0 Å². The number of rotatable bonds is 2. The van der Waals surface area contributed by atoms with Crippen molar-refractivity contribution in [1.29, 1.82) is 0 Å². The van der Waals surface area contributed by atoms with E-state index < -0.39 is 0 Å². The van der Waals surface area contributed by atoms with Gasteiger partial charge in [-0.15, -0.1) is 0 Å². The second kappa shape index (κ2) is 5.06. The van der Waals surface area contributed by atoms with E-state index in [9.17, 15) is 0 Å². The molecule has 3 aromatic carbocycles. The minimum atomic E-state index is 0.882. The van der Waals surface area contributed by atoms with Crippen LogP contribution in [0.1, 0.15) is 0 Å². The maximum atomic E-state index is 5.18. The van der Waals surface area contributed by atoms with Gasteiger partial charge in [-0.3, -0.25) is 0 Å². The van der Waals surface area contributed by atoms with Gasteiger partial charge in [-0.1, -0.05) is 46.3 Å². The molecule has 2 heteroatoms. The van der Waals surface area contributed by atoms with Gasteiger partial charge in [0.1, 0.15) is 5.75 Å². The fourth-order valence-electron chi connectivity index (χ4n) is 2.18. The molecule has 0 N–H and O–H groups in total. The van der Waals surface area contributed by atoms with Crippen LogP contribution in [0.25, 0.3) is 21.9 Å². The lowest BCUT2D eigenvalue weighted by Gasteiger charge is -2.06. The Hall–Kier alpha value is -1.80. The Morgan fingerprint density at radius 3 is 2.16 bits per heavy atom. The molecule has 0 aliphatic carbocycles. The average molecular weight is 313 g/mol. The summed E-state index contributed by atoms with van der Waals surface area (Å²) < 4.78 is 6.29. The molecule has 0 saturated carbocycles. The van der Waals surface area contributed by atoms with Crippen LogP contribution in [0.5, 0.6) is 5.75 Å². The Bertz CT molecular complexity index is 717. The normalized spacial score (nSPS) is 10.6. The zero-order chi connectivity index (χ0) is 13.2. The van der Waals surface area contributed by atoms with Crippen molar-refractivity contribution in [3.63, 3.8) is 0 Å². The monoisotopic (exact) mass is 312 g/mol. The minimum absolute atomic E-state index is 0.882. The molecule has 0 aliphatic heterocycles. The van der Waals surface area contributed by atoms with Gasteiger partial charge in [-0.25, -0.2) is 0 Å². The van der Waals surface area contributed by atoms with Crippen molar-refractivity contribution in [3.8, 4) is 16.9 Å². The highest BCUT2D eigenvalue weighted by Gasteiger charge is 2.01. The van der Waals surface area contributed by atoms with Crippen molar-refractivity contribution in [3.05, 3.63) is 65.1 Å². The lowest BCUT2D eigenvalue weighted by atomic mass is 10.0. The molecule has 0 spiro atoms. The van der Waals surface area contributed by atoms with Gasteiger partial charge >= 0.3 is 0 Å². The fraction of sp³-hybridized carbons (Fsp3) is 0.0588. The summed E-state index contributed by atoms with van der Waals surface area (Å²) in [4.78, 5) is 0. The summed E-state index contributed by atoms with van der Waals surface area (Å²) in [6.07, 6.45) is 0. The Morgan fingerprint density at radius 2 is 1.42 bits per heavy atom. The highest BCUT2D eigenvalue weighted by Crippen LogP contribution is 2.27. The first-order valence-corrected chi connectivity index (χ1v) is 6.89. The maximum Gasteiger partial charge on any atom is 0.118 e. The highest BCUT2D eigenvalue weighted by molar-refractivity contribution is 9.10. The minimum Gasteiger partial charge on any atom is -0.497 e. The smallest absolute Gasteiger partial charge is 0.118 e. The molecule has 0 unspecified atom stereocenters. The summed E-state index contributed by atoms with van der Waals surface area (Å²) in [5.41, 5.74) is 2.41. The first kappa shape index (κ1) is 12.2. The van der Waals surface area contributed by atoms with Gasteiger partial charge < -0.3 is 4.74 Å². The van der Waals surface area contributed by atoms with Crippen LogP contribution in [0.2, 0.25) is 0 Å². The van der Waals surface area contributed by atoms with Crippen LogP contribution in [0, 0.1) is 0 Å². The number of hydrogen-bond acceptors (Lipinski definition) is 1. The molecule has 94 valence electrons. The van der Waals surface area contributed by atoms with Crippen molar-refractivity contribution in [2.45, 2.75) is 0 Å². The molecule has 0 fully saturated rings. The van der Waals surface area contributed by atoms with Gasteiger partial charge in [0, 0.05) is 4.47 Å². The van der Waals surface area contributed by atoms with Crippen LogP contribution >= 0.6 is 15.9 Å². The molecule has 0 aliphatic rings.